The first-order valence-electron chi connectivity index (χ1n) is 10.3. The highest BCUT2D eigenvalue weighted by Gasteiger charge is 2.31. The summed E-state index contributed by atoms with van der Waals surface area (Å²) in [6.07, 6.45) is 6.14. The molecule has 154 valence electrons. The molecule has 1 saturated heterocycles. The third-order valence-electron chi connectivity index (χ3n) is 5.05. The number of benzene rings is 1. The van der Waals surface area contributed by atoms with E-state index in [1.54, 1.807) is 0 Å². The molecule has 1 heterocycles. The summed E-state index contributed by atoms with van der Waals surface area (Å²) in [5, 5.41) is 7.00. The lowest BCUT2D eigenvalue weighted by atomic mass is 9.83. The summed E-state index contributed by atoms with van der Waals surface area (Å²) >= 11 is 0. The Kier molecular flexibility index (Phi) is 10.6. The number of amides is 1. The van der Waals surface area contributed by atoms with E-state index in [4.69, 9.17) is 9.84 Å². The Hall–Kier alpha value is -1.39. The Morgan fingerprint density at radius 3 is 2.48 bits per heavy atom. The molecule has 2 unspecified atom stereocenters. The standard InChI is InChI=1S/C22H35NO2.CH4O/c1-5-6-12-20-17-19(18-10-8-7-9-11-18)13-15-23(20)21(24)14-16-25-22(2,3)4;1-2/h7-11,19-20H,5-6,12-17H2,1-4H3;2H,1H3. The van der Waals surface area contributed by atoms with Crippen molar-refractivity contribution < 1.29 is 14.6 Å². The summed E-state index contributed by atoms with van der Waals surface area (Å²) < 4.78 is 5.75. The summed E-state index contributed by atoms with van der Waals surface area (Å²) in [6.45, 7) is 9.72. The van der Waals surface area contributed by atoms with Gasteiger partial charge in [-0.3, -0.25) is 4.79 Å². The molecule has 2 atom stereocenters. The van der Waals surface area contributed by atoms with E-state index < -0.39 is 0 Å². The predicted molar refractivity (Wildman–Crippen MR) is 112 cm³/mol. The van der Waals surface area contributed by atoms with Gasteiger partial charge in [0.2, 0.25) is 5.91 Å². The molecule has 1 N–H and O–H groups in total. The minimum absolute atomic E-state index is 0.178. The van der Waals surface area contributed by atoms with Gasteiger partial charge >= 0.3 is 0 Å². The molecule has 1 fully saturated rings. The first kappa shape index (κ1) is 23.6. The zero-order chi connectivity index (χ0) is 20.3. The van der Waals surface area contributed by atoms with Gasteiger partial charge in [-0.05, 0) is 51.5 Å². The van der Waals surface area contributed by atoms with Crippen molar-refractivity contribution in [2.45, 2.75) is 83.8 Å². The van der Waals surface area contributed by atoms with E-state index in [0.29, 0.717) is 25.0 Å². The SMILES string of the molecule is CCCCC1CC(c2ccccc2)CCN1C(=O)CCOC(C)(C)C.CO. The second-order valence-corrected chi connectivity index (χ2v) is 8.23. The van der Waals surface area contributed by atoms with Crippen molar-refractivity contribution in [1.29, 1.82) is 0 Å². The number of unbranched alkanes of at least 4 members (excludes halogenated alkanes) is 1. The molecule has 4 heteroatoms. The van der Waals surface area contributed by atoms with Crippen molar-refractivity contribution in [3.63, 3.8) is 0 Å². The second kappa shape index (κ2) is 12.1. The van der Waals surface area contributed by atoms with E-state index in [9.17, 15) is 4.79 Å². The molecule has 1 aliphatic heterocycles. The van der Waals surface area contributed by atoms with Crippen molar-refractivity contribution in [2.24, 2.45) is 0 Å². The lowest BCUT2D eigenvalue weighted by molar-refractivity contribution is -0.137. The van der Waals surface area contributed by atoms with Gasteiger partial charge in [0.1, 0.15) is 0 Å². The van der Waals surface area contributed by atoms with Crippen LogP contribution in [-0.4, -0.2) is 47.8 Å². The molecule has 4 nitrogen and oxygen atoms in total. The normalized spacial score (nSPS) is 20.0. The highest BCUT2D eigenvalue weighted by atomic mass is 16.5. The molecule has 1 aromatic carbocycles. The smallest absolute Gasteiger partial charge is 0.225 e. The molecule has 1 aromatic rings. The maximum atomic E-state index is 12.7. The monoisotopic (exact) mass is 377 g/mol. The van der Waals surface area contributed by atoms with E-state index >= 15 is 0 Å². The van der Waals surface area contributed by atoms with E-state index in [1.807, 2.05) is 20.8 Å². The minimum atomic E-state index is -0.178. The van der Waals surface area contributed by atoms with Crippen LogP contribution in [0.2, 0.25) is 0 Å². The second-order valence-electron chi connectivity index (χ2n) is 8.23. The third-order valence-corrected chi connectivity index (χ3v) is 5.05. The molecule has 1 aliphatic rings. The van der Waals surface area contributed by atoms with Crippen LogP contribution in [0.15, 0.2) is 30.3 Å². The van der Waals surface area contributed by atoms with Crippen molar-refractivity contribution in [1.82, 2.24) is 4.90 Å². The van der Waals surface area contributed by atoms with Crippen LogP contribution in [0, 0.1) is 0 Å². The number of rotatable bonds is 7. The van der Waals surface area contributed by atoms with Crippen LogP contribution >= 0.6 is 0 Å². The lowest BCUT2D eigenvalue weighted by Crippen LogP contribution is -2.46. The Labute approximate surface area is 165 Å². The van der Waals surface area contributed by atoms with E-state index in [0.717, 1.165) is 32.9 Å². The number of aliphatic hydroxyl groups is 1. The van der Waals surface area contributed by atoms with Crippen molar-refractivity contribution in [3.8, 4) is 0 Å². The van der Waals surface area contributed by atoms with Crippen molar-refractivity contribution in [2.75, 3.05) is 20.3 Å². The maximum Gasteiger partial charge on any atom is 0.225 e. The number of ether oxygens (including phenoxy) is 1. The number of hydrogen-bond donors (Lipinski definition) is 1. The zero-order valence-electron chi connectivity index (χ0n) is 17.9. The molecule has 0 saturated carbocycles. The highest BCUT2D eigenvalue weighted by molar-refractivity contribution is 5.76. The van der Waals surface area contributed by atoms with Crippen molar-refractivity contribution >= 4 is 5.91 Å². The van der Waals surface area contributed by atoms with Crippen LogP contribution in [0.5, 0.6) is 0 Å². The van der Waals surface area contributed by atoms with Gasteiger partial charge in [-0.2, -0.15) is 0 Å². The average Bonchev–Trinajstić information content (AvgIpc) is 2.67. The molecular formula is C23H39NO3. The van der Waals surface area contributed by atoms with Crippen LogP contribution in [-0.2, 0) is 9.53 Å². The van der Waals surface area contributed by atoms with Gasteiger partial charge < -0.3 is 14.7 Å². The topological polar surface area (TPSA) is 49.8 Å². The Bertz CT molecular complexity index is 524. The van der Waals surface area contributed by atoms with Gasteiger partial charge in [0.25, 0.3) is 0 Å². The highest BCUT2D eigenvalue weighted by Crippen LogP contribution is 2.33. The molecule has 0 radical (unpaired) electrons. The number of carbonyl (C=O) groups excluding carboxylic acids is 1. The third kappa shape index (κ3) is 8.44. The molecule has 27 heavy (non-hydrogen) atoms. The fraction of sp³-hybridized carbons (Fsp3) is 0.696. The Morgan fingerprint density at radius 1 is 1.22 bits per heavy atom. The van der Waals surface area contributed by atoms with E-state index in [2.05, 4.69) is 42.2 Å². The molecular weight excluding hydrogens is 338 g/mol. The van der Waals surface area contributed by atoms with Crippen molar-refractivity contribution in [3.05, 3.63) is 35.9 Å². The molecule has 2 rings (SSSR count). The fourth-order valence-electron chi connectivity index (χ4n) is 3.71. The number of aliphatic hydroxyl groups excluding tert-OH is 1. The molecule has 0 aromatic heterocycles. The first-order valence-corrected chi connectivity index (χ1v) is 10.3. The summed E-state index contributed by atoms with van der Waals surface area (Å²) in [5.41, 5.74) is 1.24. The Morgan fingerprint density at radius 2 is 1.89 bits per heavy atom. The number of carbonyl (C=O) groups is 1. The number of nitrogens with zero attached hydrogens (tertiary/aromatic N) is 1. The summed E-state index contributed by atoms with van der Waals surface area (Å²) in [4.78, 5) is 14.9. The molecule has 0 spiro atoms. The van der Waals surface area contributed by atoms with Gasteiger partial charge in [-0.25, -0.2) is 0 Å². The van der Waals surface area contributed by atoms with E-state index in [-0.39, 0.29) is 11.5 Å². The van der Waals surface area contributed by atoms with Crippen LogP contribution in [0.4, 0.5) is 0 Å². The van der Waals surface area contributed by atoms with Gasteiger partial charge in [-0.1, -0.05) is 50.1 Å². The molecule has 1 amide bonds. The van der Waals surface area contributed by atoms with Gasteiger partial charge in [0.15, 0.2) is 0 Å². The van der Waals surface area contributed by atoms with Crippen LogP contribution in [0.3, 0.4) is 0 Å². The van der Waals surface area contributed by atoms with Crippen LogP contribution in [0.25, 0.3) is 0 Å². The number of piperidine rings is 1. The minimum Gasteiger partial charge on any atom is -0.400 e. The van der Waals surface area contributed by atoms with Gasteiger partial charge in [0, 0.05) is 19.7 Å². The van der Waals surface area contributed by atoms with Crippen LogP contribution in [0.1, 0.15) is 77.7 Å². The first-order chi connectivity index (χ1) is 12.9. The van der Waals surface area contributed by atoms with Gasteiger partial charge in [-0.15, -0.1) is 0 Å². The quantitative estimate of drug-likeness (QED) is 0.745. The molecule has 0 aliphatic carbocycles. The largest absolute Gasteiger partial charge is 0.400 e. The number of likely N-dealkylation sites (tertiary alicyclic amines) is 1. The summed E-state index contributed by atoms with van der Waals surface area (Å²) in [5.74, 6) is 0.842. The van der Waals surface area contributed by atoms with Gasteiger partial charge in [0.05, 0.1) is 18.6 Å². The van der Waals surface area contributed by atoms with E-state index in [1.165, 1.54) is 18.4 Å². The summed E-state index contributed by atoms with van der Waals surface area (Å²) in [6, 6.07) is 11.2. The molecule has 0 bridgehead atoms. The lowest BCUT2D eigenvalue weighted by Gasteiger charge is -2.40. The van der Waals surface area contributed by atoms with Crippen LogP contribution < -0.4 is 0 Å². The number of hydrogen-bond acceptors (Lipinski definition) is 3. The summed E-state index contributed by atoms with van der Waals surface area (Å²) in [7, 11) is 1.00. The zero-order valence-corrected chi connectivity index (χ0v) is 17.9. The Balaban J connectivity index is 0.00000176. The predicted octanol–water partition coefficient (Wildman–Crippen LogP) is 4.77. The maximum absolute atomic E-state index is 12.7. The fourth-order valence-corrected chi connectivity index (χ4v) is 3.71. The average molecular weight is 378 g/mol.